The van der Waals surface area contributed by atoms with Gasteiger partial charge in [-0.1, -0.05) is 6.07 Å². The molecule has 0 bridgehead atoms. The van der Waals surface area contributed by atoms with Gasteiger partial charge in [0, 0.05) is 47.4 Å². The van der Waals surface area contributed by atoms with Gasteiger partial charge in [0.05, 0.1) is 17.0 Å². The summed E-state index contributed by atoms with van der Waals surface area (Å²) in [5.74, 6) is -1.82. The van der Waals surface area contributed by atoms with Crippen LogP contribution < -0.4 is 16.0 Å². The molecule has 3 aromatic rings. The maximum absolute atomic E-state index is 13.4. The Morgan fingerprint density at radius 1 is 1.00 bits per heavy atom. The van der Waals surface area contributed by atoms with Crippen molar-refractivity contribution in [3.05, 3.63) is 65.5 Å². The molecule has 0 unspecified atom stereocenters. The van der Waals surface area contributed by atoms with Crippen molar-refractivity contribution in [2.45, 2.75) is 38.8 Å². The largest absolute Gasteiger partial charge is 0.507 e. The fraction of sp³-hybridized carbons (Fsp3) is 0.261. The Kier molecular flexibility index (Phi) is 5.41. The van der Waals surface area contributed by atoms with Crippen molar-refractivity contribution in [2.24, 2.45) is 0 Å². The van der Waals surface area contributed by atoms with Crippen molar-refractivity contribution in [3.63, 3.8) is 0 Å². The molecule has 0 saturated heterocycles. The molecule has 4 rings (SSSR count). The summed E-state index contributed by atoms with van der Waals surface area (Å²) in [5.41, 5.74) is 4.09. The van der Waals surface area contributed by atoms with Gasteiger partial charge >= 0.3 is 0 Å². The van der Waals surface area contributed by atoms with Crippen LogP contribution in [0.3, 0.4) is 0 Å². The predicted molar refractivity (Wildman–Crippen MR) is 117 cm³/mol. The van der Waals surface area contributed by atoms with E-state index in [4.69, 9.17) is 0 Å². The minimum absolute atomic E-state index is 0.0464. The number of nitrogens with zero attached hydrogens (tertiary/aromatic N) is 1. The normalized spacial score (nSPS) is 12.8. The number of hydrogen-bond donors (Lipinski definition) is 5. The van der Waals surface area contributed by atoms with Gasteiger partial charge in [-0.05, 0) is 50.5 Å². The first-order valence-corrected chi connectivity index (χ1v) is 9.98. The lowest BCUT2D eigenvalue weighted by atomic mass is 9.98. The zero-order chi connectivity index (χ0) is 22.2. The lowest BCUT2D eigenvalue weighted by Crippen LogP contribution is -2.19. The molecule has 31 heavy (non-hydrogen) atoms. The Bertz CT molecular complexity index is 1110. The van der Waals surface area contributed by atoms with Gasteiger partial charge in [-0.3, -0.25) is 0 Å². The van der Waals surface area contributed by atoms with Crippen LogP contribution in [-0.4, -0.2) is 20.8 Å². The van der Waals surface area contributed by atoms with Gasteiger partial charge in [0.15, 0.2) is 0 Å². The molecular weight excluding hydrogens is 402 g/mol. The summed E-state index contributed by atoms with van der Waals surface area (Å²) in [6, 6.07) is 11.4. The molecule has 1 aliphatic heterocycles. The topological polar surface area (TPSA) is 89.4 Å². The minimum Gasteiger partial charge on any atom is -0.507 e. The number of pyridine rings is 1. The lowest BCUT2D eigenvalue weighted by molar-refractivity contribution is 0.0714. The molecule has 1 aromatic heterocycles. The van der Waals surface area contributed by atoms with E-state index in [1.807, 2.05) is 18.2 Å². The third kappa shape index (κ3) is 5.03. The van der Waals surface area contributed by atoms with Crippen LogP contribution in [0.1, 0.15) is 31.4 Å². The van der Waals surface area contributed by atoms with Gasteiger partial charge in [-0.25, -0.2) is 0 Å². The summed E-state index contributed by atoms with van der Waals surface area (Å²) in [4.78, 5) is 3.08. The van der Waals surface area contributed by atoms with Gasteiger partial charge < -0.3 is 26.2 Å². The number of phenolic OH excluding ortho intramolecular Hbond substituents is 1. The molecule has 2 heterocycles. The van der Waals surface area contributed by atoms with Gasteiger partial charge in [-0.15, -0.1) is 0 Å². The van der Waals surface area contributed by atoms with Crippen LogP contribution in [0.15, 0.2) is 42.5 Å². The first kappa shape index (κ1) is 20.9. The first-order valence-electron chi connectivity index (χ1n) is 9.98. The van der Waals surface area contributed by atoms with Crippen LogP contribution in [-0.2, 0) is 13.0 Å². The monoisotopic (exact) mass is 426 g/mol. The summed E-state index contributed by atoms with van der Waals surface area (Å²) >= 11 is 0. The Balaban J connectivity index is 1.59. The molecule has 8 heteroatoms. The molecule has 2 aromatic carbocycles. The van der Waals surface area contributed by atoms with E-state index in [2.05, 4.69) is 20.9 Å². The Hall–Kier alpha value is -3.39. The molecule has 0 saturated carbocycles. The smallest absolute Gasteiger partial charge is 0.217 e. The highest BCUT2D eigenvalue weighted by molar-refractivity contribution is 5.82. The van der Waals surface area contributed by atoms with E-state index < -0.39 is 17.5 Å². The molecule has 0 spiro atoms. The number of fused-ring (bicyclic) bond motifs is 2. The number of aliphatic hydroxyl groups is 1. The van der Waals surface area contributed by atoms with Crippen molar-refractivity contribution >= 4 is 28.4 Å². The Morgan fingerprint density at radius 2 is 1.71 bits per heavy atom. The first-order chi connectivity index (χ1) is 14.7. The quantitative estimate of drug-likeness (QED) is 0.361. The van der Waals surface area contributed by atoms with E-state index in [-0.39, 0.29) is 11.4 Å². The number of rotatable bonds is 5. The highest BCUT2D eigenvalue weighted by Gasteiger charge is 2.18. The summed E-state index contributed by atoms with van der Waals surface area (Å²) in [6.45, 7) is 3.97. The fourth-order valence-electron chi connectivity index (χ4n) is 3.51. The average molecular weight is 426 g/mol. The number of benzene rings is 2. The molecule has 0 aliphatic carbocycles. The number of halogens is 2. The SMILES string of the molecule is CC(C)(O)CCc1ccc2c(c1)NCc1c(O)cc(Nc3cc(F)nc(F)c3)cc1N2. The third-order valence-electron chi connectivity index (χ3n) is 5.11. The molecular formula is C23H24F2N4O2. The highest BCUT2D eigenvalue weighted by Crippen LogP contribution is 2.39. The molecule has 0 atom stereocenters. The Morgan fingerprint density at radius 3 is 2.42 bits per heavy atom. The fourth-order valence-corrected chi connectivity index (χ4v) is 3.51. The van der Waals surface area contributed by atoms with E-state index in [0.717, 1.165) is 35.5 Å². The second-order valence-electron chi connectivity index (χ2n) is 8.32. The molecule has 0 fully saturated rings. The van der Waals surface area contributed by atoms with Gasteiger partial charge in [-0.2, -0.15) is 13.8 Å². The van der Waals surface area contributed by atoms with Gasteiger partial charge in [0.2, 0.25) is 11.9 Å². The van der Waals surface area contributed by atoms with E-state index in [9.17, 15) is 19.0 Å². The van der Waals surface area contributed by atoms with Crippen molar-refractivity contribution in [2.75, 3.05) is 16.0 Å². The van der Waals surface area contributed by atoms with Crippen molar-refractivity contribution in [3.8, 4) is 5.75 Å². The summed E-state index contributed by atoms with van der Waals surface area (Å²) in [7, 11) is 0. The summed E-state index contributed by atoms with van der Waals surface area (Å²) < 4.78 is 26.8. The van der Waals surface area contributed by atoms with Crippen LogP contribution in [0, 0.1) is 11.9 Å². The number of phenols is 1. The van der Waals surface area contributed by atoms with Crippen LogP contribution in [0.25, 0.3) is 0 Å². The number of nitrogens with one attached hydrogen (secondary N) is 3. The second kappa shape index (κ2) is 8.03. The third-order valence-corrected chi connectivity index (χ3v) is 5.11. The van der Waals surface area contributed by atoms with Crippen LogP contribution in [0.4, 0.5) is 37.2 Å². The summed E-state index contributed by atoms with van der Waals surface area (Å²) in [5, 5.41) is 30.1. The molecule has 6 nitrogen and oxygen atoms in total. The number of hydrogen-bond acceptors (Lipinski definition) is 6. The van der Waals surface area contributed by atoms with Crippen LogP contribution in [0.5, 0.6) is 5.75 Å². The second-order valence-corrected chi connectivity index (χ2v) is 8.32. The van der Waals surface area contributed by atoms with E-state index in [0.29, 0.717) is 29.9 Å². The van der Waals surface area contributed by atoms with Crippen LogP contribution >= 0.6 is 0 Å². The van der Waals surface area contributed by atoms with Crippen molar-refractivity contribution in [1.29, 1.82) is 0 Å². The van der Waals surface area contributed by atoms with Gasteiger partial charge in [0.1, 0.15) is 5.75 Å². The van der Waals surface area contributed by atoms with E-state index >= 15 is 0 Å². The Labute approximate surface area is 179 Å². The zero-order valence-corrected chi connectivity index (χ0v) is 17.3. The van der Waals surface area contributed by atoms with Crippen molar-refractivity contribution in [1.82, 2.24) is 4.98 Å². The highest BCUT2D eigenvalue weighted by atomic mass is 19.1. The van der Waals surface area contributed by atoms with Gasteiger partial charge in [0.25, 0.3) is 0 Å². The number of anilines is 5. The standard InChI is InChI=1S/C23H24F2N4O2/c1-23(2,31)6-5-13-3-4-17-19(7-13)26-12-16-18(28-17)8-14(9-20(16)30)27-15-10-21(24)29-22(25)11-15/h3-4,7-11,26,28,30-31H,5-6,12H2,1-2H3,(H,27,29). The predicted octanol–water partition coefficient (Wildman–Crippen LogP) is 5.18. The van der Waals surface area contributed by atoms with E-state index in [1.165, 1.54) is 6.07 Å². The number of aromatic nitrogens is 1. The lowest BCUT2D eigenvalue weighted by Gasteiger charge is -2.17. The zero-order valence-electron chi connectivity index (χ0n) is 17.3. The minimum atomic E-state index is -0.932. The maximum atomic E-state index is 13.4. The van der Waals surface area contributed by atoms with Crippen LogP contribution in [0.2, 0.25) is 0 Å². The molecule has 5 N–H and O–H groups in total. The molecule has 0 radical (unpaired) electrons. The number of aromatic hydroxyl groups is 1. The maximum Gasteiger partial charge on any atom is 0.217 e. The van der Waals surface area contributed by atoms with E-state index in [1.54, 1.807) is 19.9 Å². The molecule has 162 valence electrons. The van der Waals surface area contributed by atoms with Crippen molar-refractivity contribution < 1.29 is 19.0 Å². The molecule has 1 aliphatic rings. The molecule has 0 amide bonds. The number of aryl methyl sites for hydroxylation is 1. The average Bonchev–Trinajstić information content (AvgIpc) is 2.84. The summed E-state index contributed by atoms with van der Waals surface area (Å²) in [6.07, 6.45) is 1.38.